The number of carbonyl (C=O) groups excluding carboxylic acids is 2. The van der Waals surface area contributed by atoms with Crippen LogP contribution in [0.1, 0.15) is 27.1 Å². The topological polar surface area (TPSA) is 69.2 Å². The van der Waals surface area contributed by atoms with E-state index in [1.54, 1.807) is 0 Å². The number of benzene rings is 6. The summed E-state index contributed by atoms with van der Waals surface area (Å²) in [6.45, 7) is 0.487. The minimum Gasteiger partial charge on any atom is -0.545 e. The Morgan fingerprint density at radius 3 is 1.35 bits per heavy atom. The van der Waals surface area contributed by atoms with Crippen LogP contribution in [0.3, 0.4) is 0 Å². The quantitative estimate of drug-likeness (QED) is 0.155. The van der Waals surface area contributed by atoms with Crippen molar-refractivity contribution in [2.45, 2.75) is 12.2 Å². The van der Waals surface area contributed by atoms with E-state index in [9.17, 15) is 14.7 Å². The number of hydrogen-bond donors (Lipinski definition) is 1. The molecule has 0 aliphatic heterocycles. The maximum absolute atomic E-state index is 14.4. The van der Waals surface area contributed by atoms with E-state index in [1.165, 1.54) is 28.0 Å². The average Bonchev–Trinajstić information content (AvgIpc) is 3.11. The first-order valence-corrected chi connectivity index (χ1v) is 18.1. The molecule has 0 bridgehead atoms. The summed E-state index contributed by atoms with van der Waals surface area (Å²) in [6, 6.07) is 54.7. The van der Waals surface area contributed by atoms with Crippen LogP contribution in [0.2, 0.25) is 15.1 Å². The first-order chi connectivity index (χ1) is 23.3. The maximum atomic E-state index is 14.4. The number of carboxylic acid groups (broad SMARTS) is 1. The number of nitrogens with one attached hydrogen (secondary N) is 1. The van der Waals surface area contributed by atoms with Crippen LogP contribution in [0, 0.1) is 0 Å². The molecule has 240 valence electrons. The molecule has 1 N–H and O–H groups in total. The summed E-state index contributed by atoms with van der Waals surface area (Å²) in [4.78, 5) is 24.8. The molecule has 0 fully saturated rings. The molecule has 0 heterocycles. The van der Waals surface area contributed by atoms with Gasteiger partial charge in [0.15, 0.2) is 5.66 Å². The van der Waals surface area contributed by atoms with Gasteiger partial charge in [0.05, 0.1) is 16.0 Å². The van der Waals surface area contributed by atoms with Crippen molar-refractivity contribution >= 4 is 69.9 Å². The Bertz CT molecular complexity index is 1830. The van der Waals surface area contributed by atoms with Crippen molar-refractivity contribution in [1.29, 1.82) is 0 Å². The Kier molecular flexibility index (Phi) is 12.1. The Balaban J connectivity index is 0.000000318. The molecule has 1 unspecified atom stereocenters. The molecule has 1 atom stereocenters. The van der Waals surface area contributed by atoms with E-state index in [1.807, 2.05) is 66.7 Å². The number of hydrogen-bond acceptors (Lipinski definition) is 3. The largest absolute Gasteiger partial charge is 0.545 e. The first-order valence-electron chi connectivity index (χ1n) is 15.1. The van der Waals surface area contributed by atoms with Crippen molar-refractivity contribution in [2.75, 3.05) is 0 Å². The van der Waals surface area contributed by atoms with Crippen molar-refractivity contribution in [1.82, 2.24) is 5.32 Å². The van der Waals surface area contributed by atoms with E-state index in [-0.39, 0.29) is 26.5 Å². The molecule has 0 radical (unpaired) electrons. The average molecular weight is 711 g/mol. The molecule has 48 heavy (non-hydrogen) atoms. The van der Waals surface area contributed by atoms with Gasteiger partial charge in [-0.05, 0) is 54.1 Å². The summed E-state index contributed by atoms with van der Waals surface area (Å²) < 4.78 is 0. The Hall–Kier alpha value is -4.44. The number of amides is 1. The van der Waals surface area contributed by atoms with Gasteiger partial charge in [-0.3, -0.25) is 4.79 Å². The van der Waals surface area contributed by atoms with Gasteiger partial charge in [-0.15, -0.1) is 0 Å². The lowest BCUT2D eigenvalue weighted by Crippen LogP contribution is -2.41. The molecule has 0 aliphatic rings. The third kappa shape index (κ3) is 7.98. The van der Waals surface area contributed by atoms with Crippen LogP contribution in [0.15, 0.2) is 164 Å². The summed E-state index contributed by atoms with van der Waals surface area (Å²) in [5.74, 6) is -1.38. The molecule has 6 rings (SSSR count). The molecule has 6 aromatic rings. The van der Waals surface area contributed by atoms with Crippen LogP contribution in [0.4, 0.5) is 0 Å². The first kappa shape index (κ1) is 34.9. The molecule has 0 aliphatic carbocycles. The SMILES string of the molecule is O=C(NCc1ccccc1)C(c1ccccc1)[P+](c1ccccc1)(c1ccccc1)c1ccccc1.O=C([O-])c1c(Cl)cc(Cl)cc1Cl. The number of aromatic carboxylic acids is 1. The molecular weight excluding hydrogens is 680 g/mol. The van der Waals surface area contributed by atoms with Crippen molar-refractivity contribution in [3.63, 3.8) is 0 Å². The van der Waals surface area contributed by atoms with Crippen LogP contribution in [0.5, 0.6) is 0 Å². The van der Waals surface area contributed by atoms with Gasteiger partial charge in [0.25, 0.3) is 5.91 Å². The third-order valence-electron chi connectivity index (χ3n) is 7.76. The van der Waals surface area contributed by atoms with Crippen molar-refractivity contribution < 1.29 is 14.7 Å². The monoisotopic (exact) mass is 709 g/mol. The fraction of sp³-hybridized carbons (Fsp3) is 0.0500. The molecular formula is C40H31Cl3NO3P. The van der Waals surface area contributed by atoms with Crippen LogP contribution in [-0.4, -0.2) is 11.9 Å². The van der Waals surface area contributed by atoms with Crippen molar-refractivity contribution in [2.24, 2.45) is 0 Å². The lowest BCUT2D eigenvalue weighted by molar-refractivity contribution is -0.255. The minimum atomic E-state index is -2.47. The van der Waals surface area contributed by atoms with Gasteiger partial charge in [0.2, 0.25) is 0 Å². The molecule has 0 saturated carbocycles. The van der Waals surface area contributed by atoms with E-state index in [0.29, 0.717) is 6.54 Å². The zero-order chi connectivity index (χ0) is 33.9. The van der Waals surface area contributed by atoms with Gasteiger partial charge in [-0.25, -0.2) is 0 Å². The van der Waals surface area contributed by atoms with Crippen LogP contribution in [0.25, 0.3) is 0 Å². The second-order valence-corrected chi connectivity index (χ2v) is 15.5. The van der Waals surface area contributed by atoms with Gasteiger partial charge in [0.1, 0.15) is 23.2 Å². The standard InChI is InChI=1S/C33H28NOP.C7H3Cl3O2/c35-33(34-26-27-16-6-1-7-17-27)32(28-18-8-2-9-19-28)36(29-20-10-3-11-21-29,30-22-12-4-13-23-30)31-24-14-5-15-25-31;8-3-1-4(9)6(7(11)12)5(10)2-3/h1-25,32H,26H2;1-2H,(H,11,12). The Morgan fingerprint density at radius 2 is 0.958 bits per heavy atom. The van der Waals surface area contributed by atoms with E-state index in [2.05, 4.69) is 90.2 Å². The summed E-state index contributed by atoms with van der Waals surface area (Å²) in [5.41, 5.74) is 1.48. The highest BCUT2D eigenvalue weighted by atomic mass is 35.5. The zero-order valence-corrected chi connectivity index (χ0v) is 28.8. The third-order valence-corrected chi connectivity index (χ3v) is 13.2. The lowest BCUT2D eigenvalue weighted by atomic mass is 10.1. The second-order valence-electron chi connectivity index (χ2n) is 10.8. The smallest absolute Gasteiger partial charge is 0.266 e. The highest BCUT2D eigenvalue weighted by Gasteiger charge is 2.56. The normalized spacial score (nSPS) is 11.5. The predicted molar refractivity (Wildman–Crippen MR) is 198 cm³/mol. The van der Waals surface area contributed by atoms with E-state index < -0.39 is 18.9 Å². The van der Waals surface area contributed by atoms with Crippen LogP contribution >= 0.6 is 42.1 Å². The lowest BCUT2D eigenvalue weighted by Gasteiger charge is -2.34. The number of carbonyl (C=O) groups is 2. The van der Waals surface area contributed by atoms with E-state index >= 15 is 0 Å². The van der Waals surface area contributed by atoms with E-state index in [0.717, 1.165) is 11.1 Å². The second kappa shape index (κ2) is 16.6. The number of rotatable bonds is 9. The molecule has 8 heteroatoms. The molecule has 0 saturated heterocycles. The summed E-state index contributed by atoms with van der Waals surface area (Å²) >= 11 is 16.6. The van der Waals surface area contributed by atoms with Gasteiger partial charge < -0.3 is 15.2 Å². The Morgan fingerprint density at radius 1 is 0.583 bits per heavy atom. The molecule has 0 spiro atoms. The molecule has 1 amide bonds. The molecule has 4 nitrogen and oxygen atoms in total. The highest BCUT2D eigenvalue weighted by Crippen LogP contribution is 2.66. The Labute approximate surface area is 296 Å². The number of carboxylic acids is 1. The van der Waals surface area contributed by atoms with Crippen LogP contribution < -0.4 is 26.3 Å². The number of halogens is 3. The van der Waals surface area contributed by atoms with Gasteiger partial charge in [0, 0.05) is 22.7 Å². The summed E-state index contributed by atoms with van der Waals surface area (Å²) in [5, 5.41) is 17.5. The van der Waals surface area contributed by atoms with E-state index in [4.69, 9.17) is 34.8 Å². The fourth-order valence-electron chi connectivity index (χ4n) is 5.69. The maximum Gasteiger partial charge on any atom is 0.266 e. The van der Waals surface area contributed by atoms with Gasteiger partial charge in [-0.2, -0.15) is 0 Å². The van der Waals surface area contributed by atoms with Crippen molar-refractivity contribution in [3.8, 4) is 0 Å². The molecule has 6 aromatic carbocycles. The van der Waals surface area contributed by atoms with Crippen LogP contribution in [-0.2, 0) is 11.3 Å². The van der Waals surface area contributed by atoms with Gasteiger partial charge in [-0.1, -0.05) is 150 Å². The molecule has 0 aromatic heterocycles. The predicted octanol–water partition coefficient (Wildman–Crippen LogP) is 8.05. The summed E-state index contributed by atoms with van der Waals surface area (Å²) in [7, 11) is -2.47. The minimum absolute atomic E-state index is 0.0208. The summed E-state index contributed by atoms with van der Waals surface area (Å²) in [6.07, 6.45) is 0. The highest BCUT2D eigenvalue weighted by molar-refractivity contribution is 7.96. The zero-order valence-electron chi connectivity index (χ0n) is 25.7. The van der Waals surface area contributed by atoms with Gasteiger partial charge >= 0.3 is 0 Å². The fourth-order valence-corrected chi connectivity index (χ4v) is 11.4. The van der Waals surface area contributed by atoms with Crippen molar-refractivity contribution in [3.05, 3.63) is 196 Å².